The van der Waals surface area contributed by atoms with Crippen molar-refractivity contribution in [1.29, 1.82) is 0 Å². The molecule has 2 atom stereocenters. The molecular formula is C10H14BrN3O2. The first-order chi connectivity index (χ1) is 7.68. The molecule has 1 aromatic rings. The summed E-state index contributed by atoms with van der Waals surface area (Å²) in [6.07, 6.45) is 2.71. The van der Waals surface area contributed by atoms with Crippen LogP contribution in [0, 0.1) is 5.92 Å². The summed E-state index contributed by atoms with van der Waals surface area (Å²) in [4.78, 5) is 17.9. The first-order valence-corrected chi connectivity index (χ1v) is 6.06. The molecule has 0 bridgehead atoms. The number of nitrogens with zero attached hydrogens (tertiary/aromatic N) is 1. The number of ether oxygens (including phenoxy) is 1. The van der Waals surface area contributed by atoms with Crippen molar-refractivity contribution in [3.8, 4) is 0 Å². The molecule has 88 valence electrons. The Bertz CT molecular complexity index is 421. The maximum atomic E-state index is 11.3. The van der Waals surface area contributed by atoms with E-state index in [1.54, 1.807) is 0 Å². The van der Waals surface area contributed by atoms with Gasteiger partial charge in [-0.1, -0.05) is 0 Å². The highest BCUT2D eigenvalue weighted by atomic mass is 79.9. The predicted molar refractivity (Wildman–Crippen MR) is 64.6 cm³/mol. The molecular weight excluding hydrogens is 274 g/mol. The largest absolute Gasteiger partial charge is 0.378 e. The van der Waals surface area contributed by atoms with Gasteiger partial charge in [-0.3, -0.25) is 4.79 Å². The lowest BCUT2D eigenvalue weighted by atomic mass is 10.0. The van der Waals surface area contributed by atoms with Crippen LogP contribution in [0.25, 0.3) is 0 Å². The number of hydrogen-bond donors (Lipinski definition) is 2. The minimum Gasteiger partial charge on any atom is -0.378 e. The molecule has 1 saturated heterocycles. The maximum absolute atomic E-state index is 11.3. The van der Waals surface area contributed by atoms with Crippen LogP contribution in [0.15, 0.2) is 15.6 Å². The number of H-pyrrole nitrogens is 1. The van der Waals surface area contributed by atoms with Crippen molar-refractivity contribution in [2.45, 2.75) is 19.4 Å². The Hall–Kier alpha value is -0.880. The fraction of sp³-hybridized carbons (Fsp3) is 0.600. The van der Waals surface area contributed by atoms with E-state index >= 15 is 0 Å². The van der Waals surface area contributed by atoms with Crippen LogP contribution in [-0.4, -0.2) is 29.2 Å². The highest BCUT2D eigenvalue weighted by Gasteiger charge is 2.24. The van der Waals surface area contributed by atoms with E-state index in [1.165, 1.54) is 6.33 Å². The van der Waals surface area contributed by atoms with Gasteiger partial charge in [-0.2, -0.15) is 0 Å². The Morgan fingerprint density at radius 2 is 2.56 bits per heavy atom. The molecule has 6 heteroatoms. The Kier molecular flexibility index (Phi) is 3.60. The average Bonchev–Trinajstić information content (AvgIpc) is 2.67. The molecule has 0 aliphatic carbocycles. The lowest BCUT2D eigenvalue weighted by molar-refractivity contribution is 0.108. The summed E-state index contributed by atoms with van der Waals surface area (Å²) < 4.78 is 5.91. The first-order valence-electron chi connectivity index (χ1n) is 5.27. The molecule has 1 aliphatic rings. The van der Waals surface area contributed by atoms with Crippen LogP contribution in [0.3, 0.4) is 0 Å². The normalized spacial score (nSPS) is 24.6. The topological polar surface area (TPSA) is 67.0 Å². The number of halogens is 1. The minimum atomic E-state index is -0.173. The molecule has 0 aromatic carbocycles. The first kappa shape index (κ1) is 11.6. The van der Waals surface area contributed by atoms with Gasteiger partial charge in [0.2, 0.25) is 0 Å². The highest BCUT2D eigenvalue weighted by molar-refractivity contribution is 9.10. The molecule has 0 radical (unpaired) electrons. The second kappa shape index (κ2) is 4.97. The zero-order chi connectivity index (χ0) is 11.5. The van der Waals surface area contributed by atoms with E-state index in [-0.39, 0.29) is 11.7 Å². The fourth-order valence-electron chi connectivity index (χ4n) is 1.78. The number of anilines is 1. The van der Waals surface area contributed by atoms with E-state index in [1.807, 2.05) is 0 Å². The Balaban J connectivity index is 1.99. The van der Waals surface area contributed by atoms with Crippen molar-refractivity contribution < 1.29 is 4.74 Å². The third kappa shape index (κ3) is 2.44. The van der Waals surface area contributed by atoms with E-state index < -0.39 is 0 Å². The Labute approximate surface area is 102 Å². The van der Waals surface area contributed by atoms with Gasteiger partial charge in [0.25, 0.3) is 5.56 Å². The van der Waals surface area contributed by atoms with E-state index in [0.29, 0.717) is 16.2 Å². The summed E-state index contributed by atoms with van der Waals surface area (Å²) >= 11 is 3.20. The zero-order valence-corrected chi connectivity index (χ0v) is 10.6. The van der Waals surface area contributed by atoms with Gasteiger partial charge in [-0.25, -0.2) is 4.98 Å². The van der Waals surface area contributed by atoms with E-state index in [2.05, 4.69) is 38.1 Å². The molecule has 0 saturated carbocycles. The van der Waals surface area contributed by atoms with Crippen LogP contribution >= 0.6 is 15.9 Å². The van der Waals surface area contributed by atoms with E-state index in [0.717, 1.165) is 19.6 Å². The zero-order valence-electron chi connectivity index (χ0n) is 9.00. The van der Waals surface area contributed by atoms with Gasteiger partial charge in [0.15, 0.2) is 0 Å². The lowest BCUT2D eigenvalue weighted by Gasteiger charge is -2.15. The smallest absolute Gasteiger partial charge is 0.267 e. The standard InChI is InChI=1S/C10H14BrN3O2/c1-6-7(2-3-16-6)4-12-9-8(11)10(15)14-5-13-9/h5-7H,2-4H2,1H3,(H2,12,13,14,15). The van der Waals surface area contributed by atoms with Gasteiger partial charge < -0.3 is 15.0 Å². The van der Waals surface area contributed by atoms with Gasteiger partial charge in [-0.15, -0.1) is 0 Å². The van der Waals surface area contributed by atoms with Crippen molar-refractivity contribution >= 4 is 21.7 Å². The number of nitrogens with one attached hydrogen (secondary N) is 2. The molecule has 1 fully saturated rings. The quantitative estimate of drug-likeness (QED) is 0.881. The van der Waals surface area contributed by atoms with Gasteiger partial charge in [0.05, 0.1) is 12.4 Å². The number of aromatic nitrogens is 2. The molecule has 16 heavy (non-hydrogen) atoms. The van der Waals surface area contributed by atoms with Crippen LogP contribution in [0.2, 0.25) is 0 Å². The summed E-state index contributed by atoms with van der Waals surface area (Å²) in [5.74, 6) is 1.07. The number of rotatable bonds is 3. The van der Waals surface area contributed by atoms with Crippen LogP contribution < -0.4 is 10.9 Å². The van der Waals surface area contributed by atoms with Gasteiger partial charge >= 0.3 is 0 Å². The SMILES string of the molecule is CC1OCCC1CNc1nc[nH]c(=O)c1Br. The van der Waals surface area contributed by atoms with Gasteiger partial charge in [-0.05, 0) is 29.3 Å². The molecule has 2 unspecified atom stereocenters. The lowest BCUT2D eigenvalue weighted by Crippen LogP contribution is -2.22. The Morgan fingerprint density at radius 1 is 1.75 bits per heavy atom. The summed E-state index contributed by atoms with van der Waals surface area (Å²) in [7, 11) is 0. The van der Waals surface area contributed by atoms with E-state index in [9.17, 15) is 4.79 Å². The van der Waals surface area contributed by atoms with Crippen LogP contribution in [0.1, 0.15) is 13.3 Å². The summed E-state index contributed by atoms with van der Waals surface area (Å²) in [6.45, 7) is 3.66. The van der Waals surface area contributed by atoms with Crippen LogP contribution in [-0.2, 0) is 4.74 Å². The predicted octanol–water partition coefficient (Wildman–Crippen LogP) is 1.37. The van der Waals surface area contributed by atoms with Crippen LogP contribution in [0.4, 0.5) is 5.82 Å². The minimum absolute atomic E-state index is 0.173. The van der Waals surface area contributed by atoms with Gasteiger partial charge in [0.1, 0.15) is 10.3 Å². The fourth-order valence-corrected chi connectivity index (χ4v) is 2.14. The molecule has 2 heterocycles. The second-order valence-electron chi connectivity index (χ2n) is 3.90. The van der Waals surface area contributed by atoms with Crippen molar-refractivity contribution in [3.05, 3.63) is 21.2 Å². The molecule has 0 amide bonds. The van der Waals surface area contributed by atoms with Gasteiger partial charge in [0, 0.05) is 19.1 Å². The highest BCUT2D eigenvalue weighted by Crippen LogP contribution is 2.21. The van der Waals surface area contributed by atoms with Crippen molar-refractivity contribution in [2.75, 3.05) is 18.5 Å². The van der Waals surface area contributed by atoms with Crippen LogP contribution in [0.5, 0.6) is 0 Å². The van der Waals surface area contributed by atoms with Crippen molar-refractivity contribution in [2.24, 2.45) is 5.92 Å². The third-order valence-corrected chi connectivity index (χ3v) is 3.60. The molecule has 1 aromatic heterocycles. The third-order valence-electron chi connectivity index (χ3n) is 2.86. The van der Waals surface area contributed by atoms with E-state index in [4.69, 9.17) is 4.74 Å². The summed E-state index contributed by atoms with van der Waals surface area (Å²) in [5.41, 5.74) is -0.173. The monoisotopic (exact) mass is 287 g/mol. The van der Waals surface area contributed by atoms with Crippen molar-refractivity contribution in [3.63, 3.8) is 0 Å². The Morgan fingerprint density at radius 3 is 3.25 bits per heavy atom. The molecule has 2 rings (SSSR count). The second-order valence-corrected chi connectivity index (χ2v) is 4.69. The number of hydrogen-bond acceptors (Lipinski definition) is 4. The average molecular weight is 288 g/mol. The molecule has 0 spiro atoms. The molecule has 2 N–H and O–H groups in total. The molecule has 1 aliphatic heterocycles. The summed E-state index contributed by atoms with van der Waals surface area (Å²) in [6, 6.07) is 0. The maximum Gasteiger partial charge on any atom is 0.267 e. The summed E-state index contributed by atoms with van der Waals surface area (Å²) in [5, 5.41) is 3.17. The van der Waals surface area contributed by atoms with Crippen molar-refractivity contribution in [1.82, 2.24) is 9.97 Å². The number of aromatic amines is 1. The molecule has 5 nitrogen and oxygen atoms in total.